The second-order valence-electron chi connectivity index (χ2n) is 5.61. The molecule has 0 saturated heterocycles. The number of nitrogens with two attached hydrogens (primary N) is 1. The minimum absolute atomic E-state index is 0.158. The smallest absolute Gasteiger partial charge is 0.237 e. The Kier molecular flexibility index (Phi) is 5.44. The summed E-state index contributed by atoms with van der Waals surface area (Å²) in [4.78, 5) is 11.8. The van der Waals surface area contributed by atoms with Crippen molar-refractivity contribution in [2.75, 3.05) is 0 Å². The molecule has 0 spiro atoms. The van der Waals surface area contributed by atoms with E-state index in [4.69, 9.17) is 5.73 Å². The molecule has 0 aromatic rings. The van der Waals surface area contributed by atoms with Gasteiger partial charge in [0.2, 0.25) is 5.91 Å². The van der Waals surface area contributed by atoms with Crippen LogP contribution in [0.2, 0.25) is 0 Å². The lowest BCUT2D eigenvalue weighted by Gasteiger charge is -2.33. The van der Waals surface area contributed by atoms with Gasteiger partial charge >= 0.3 is 0 Å². The van der Waals surface area contributed by atoms with Crippen LogP contribution in [0.3, 0.4) is 0 Å². The first kappa shape index (κ1) is 14.5. The molecule has 3 N–H and O–H groups in total. The quantitative estimate of drug-likeness (QED) is 0.726. The van der Waals surface area contributed by atoms with Gasteiger partial charge in [-0.1, -0.05) is 33.1 Å². The van der Waals surface area contributed by atoms with Crippen molar-refractivity contribution in [3.63, 3.8) is 0 Å². The third-order valence-corrected chi connectivity index (χ3v) is 4.38. The van der Waals surface area contributed by atoms with Gasteiger partial charge in [-0.2, -0.15) is 0 Å². The standard InChI is InChI=1S/C14H28N2O/c1-4-11(3)16-14(13(15)17)9-6-7-12(5-2)8-10-14/h11-12,16H,4-10H2,1-3H3,(H2,15,17). The Balaban J connectivity index is 2.74. The number of carbonyl (C=O) groups is 1. The van der Waals surface area contributed by atoms with E-state index in [1.807, 2.05) is 0 Å². The lowest BCUT2D eigenvalue weighted by Crippen LogP contribution is -2.57. The topological polar surface area (TPSA) is 55.1 Å². The summed E-state index contributed by atoms with van der Waals surface area (Å²) in [7, 11) is 0. The zero-order chi connectivity index (χ0) is 12.9. The van der Waals surface area contributed by atoms with E-state index in [9.17, 15) is 4.79 Å². The van der Waals surface area contributed by atoms with Crippen LogP contribution in [-0.4, -0.2) is 17.5 Å². The van der Waals surface area contributed by atoms with E-state index >= 15 is 0 Å². The van der Waals surface area contributed by atoms with Crippen LogP contribution in [0.1, 0.15) is 65.7 Å². The highest BCUT2D eigenvalue weighted by molar-refractivity contribution is 5.84. The van der Waals surface area contributed by atoms with E-state index in [-0.39, 0.29) is 5.91 Å². The second kappa shape index (κ2) is 6.39. The van der Waals surface area contributed by atoms with Crippen LogP contribution in [0.4, 0.5) is 0 Å². The Labute approximate surface area is 106 Å². The summed E-state index contributed by atoms with van der Waals surface area (Å²) in [5.41, 5.74) is 5.21. The predicted molar refractivity (Wildman–Crippen MR) is 71.7 cm³/mol. The van der Waals surface area contributed by atoms with Crippen molar-refractivity contribution < 1.29 is 4.79 Å². The van der Waals surface area contributed by atoms with Gasteiger partial charge < -0.3 is 11.1 Å². The van der Waals surface area contributed by atoms with Gasteiger partial charge in [0.05, 0.1) is 5.54 Å². The average Bonchev–Trinajstić information content (AvgIpc) is 2.52. The largest absolute Gasteiger partial charge is 0.368 e. The van der Waals surface area contributed by atoms with Gasteiger partial charge in [-0.05, 0) is 38.5 Å². The molecule has 1 amide bonds. The molecule has 1 aliphatic carbocycles. The molecule has 1 fully saturated rings. The highest BCUT2D eigenvalue weighted by atomic mass is 16.1. The predicted octanol–water partition coefficient (Wildman–Crippen LogP) is 2.59. The zero-order valence-electron chi connectivity index (χ0n) is 11.6. The molecule has 1 saturated carbocycles. The lowest BCUT2D eigenvalue weighted by molar-refractivity contribution is -0.125. The summed E-state index contributed by atoms with van der Waals surface area (Å²) in [6.45, 7) is 6.51. The minimum Gasteiger partial charge on any atom is -0.368 e. The first-order valence-electron chi connectivity index (χ1n) is 7.11. The van der Waals surface area contributed by atoms with Crippen molar-refractivity contribution in [3.8, 4) is 0 Å². The zero-order valence-corrected chi connectivity index (χ0v) is 11.6. The Morgan fingerprint density at radius 2 is 2.12 bits per heavy atom. The van der Waals surface area contributed by atoms with Crippen LogP contribution < -0.4 is 11.1 Å². The Morgan fingerprint density at radius 3 is 2.65 bits per heavy atom. The molecule has 0 bridgehead atoms. The van der Waals surface area contributed by atoms with Gasteiger partial charge in [-0.15, -0.1) is 0 Å². The molecular weight excluding hydrogens is 212 g/mol. The highest BCUT2D eigenvalue weighted by Gasteiger charge is 2.38. The van der Waals surface area contributed by atoms with E-state index in [0.717, 1.165) is 38.0 Å². The summed E-state index contributed by atoms with van der Waals surface area (Å²) in [6, 6.07) is 0.362. The number of nitrogens with one attached hydrogen (secondary N) is 1. The minimum atomic E-state index is -0.445. The highest BCUT2D eigenvalue weighted by Crippen LogP contribution is 2.32. The van der Waals surface area contributed by atoms with Crippen LogP contribution in [0.15, 0.2) is 0 Å². The fraction of sp³-hybridized carbons (Fsp3) is 0.929. The van der Waals surface area contributed by atoms with Crippen LogP contribution in [-0.2, 0) is 4.79 Å². The first-order chi connectivity index (χ1) is 8.04. The van der Waals surface area contributed by atoms with Crippen LogP contribution >= 0.6 is 0 Å². The van der Waals surface area contributed by atoms with Crippen molar-refractivity contribution >= 4 is 5.91 Å². The summed E-state index contributed by atoms with van der Waals surface area (Å²) < 4.78 is 0. The Hall–Kier alpha value is -0.570. The number of hydrogen-bond donors (Lipinski definition) is 2. The Morgan fingerprint density at radius 1 is 1.41 bits per heavy atom. The van der Waals surface area contributed by atoms with Crippen LogP contribution in [0, 0.1) is 5.92 Å². The normalized spacial score (nSPS) is 31.8. The molecule has 17 heavy (non-hydrogen) atoms. The van der Waals surface area contributed by atoms with Gasteiger partial charge in [0.25, 0.3) is 0 Å². The number of hydrogen-bond acceptors (Lipinski definition) is 2. The molecule has 1 aliphatic rings. The molecule has 0 radical (unpaired) electrons. The van der Waals surface area contributed by atoms with Crippen molar-refractivity contribution in [1.82, 2.24) is 5.32 Å². The number of amides is 1. The average molecular weight is 240 g/mol. The molecular formula is C14H28N2O. The molecule has 1 rings (SSSR count). The van der Waals surface area contributed by atoms with E-state index in [0.29, 0.717) is 6.04 Å². The molecule has 3 heteroatoms. The molecule has 3 unspecified atom stereocenters. The van der Waals surface area contributed by atoms with Gasteiger partial charge in [0.1, 0.15) is 0 Å². The van der Waals surface area contributed by atoms with Crippen molar-refractivity contribution in [2.24, 2.45) is 11.7 Å². The third kappa shape index (κ3) is 3.70. The van der Waals surface area contributed by atoms with Gasteiger partial charge in [-0.3, -0.25) is 4.79 Å². The molecule has 3 nitrogen and oxygen atoms in total. The van der Waals surface area contributed by atoms with E-state index in [1.165, 1.54) is 12.8 Å². The van der Waals surface area contributed by atoms with E-state index in [2.05, 4.69) is 26.1 Å². The number of carbonyl (C=O) groups excluding carboxylic acids is 1. The summed E-state index contributed by atoms with van der Waals surface area (Å²) in [5.74, 6) is 0.615. The van der Waals surface area contributed by atoms with Gasteiger partial charge in [0.15, 0.2) is 0 Å². The molecule has 3 atom stereocenters. The van der Waals surface area contributed by atoms with Crippen LogP contribution in [0.5, 0.6) is 0 Å². The lowest BCUT2D eigenvalue weighted by atomic mass is 9.87. The van der Waals surface area contributed by atoms with Gasteiger partial charge in [0, 0.05) is 6.04 Å². The van der Waals surface area contributed by atoms with E-state index < -0.39 is 5.54 Å². The molecule has 0 aliphatic heterocycles. The number of primary amides is 1. The number of rotatable bonds is 5. The monoisotopic (exact) mass is 240 g/mol. The van der Waals surface area contributed by atoms with Crippen LogP contribution in [0.25, 0.3) is 0 Å². The first-order valence-corrected chi connectivity index (χ1v) is 7.11. The fourth-order valence-corrected chi connectivity index (χ4v) is 2.86. The second-order valence-corrected chi connectivity index (χ2v) is 5.61. The summed E-state index contributed by atoms with van der Waals surface area (Å²) in [6.07, 6.45) is 7.56. The van der Waals surface area contributed by atoms with E-state index in [1.54, 1.807) is 0 Å². The van der Waals surface area contributed by atoms with Crippen molar-refractivity contribution in [1.29, 1.82) is 0 Å². The maximum Gasteiger partial charge on any atom is 0.237 e. The summed E-state index contributed by atoms with van der Waals surface area (Å²) >= 11 is 0. The SMILES string of the molecule is CCC1CCCC(NC(C)CC)(C(N)=O)CC1. The fourth-order valence-electron chi connectivity index (χ4n) is 2.86. The van der Waals surface area contributed by atoms with Crippen molar-refractivity contribution in [3.05, 3.63) is 0 Å². The third-order valence-electron chi connectivity index (χ3n) is 4.38. The molecule has 0 aromatic carbocycles. The van der Waals surface area contributed by atoms with Gasteiger partial charge in [-0.25, -0.2) is 0 Å². The maximum atomic E-state index is 11.8. The van der Waals surface area contributed by atoms with Crippen molar-refractivity contribution in [2.45, 2.75) is 77.3 Å². The molecule has 0 aromatic heterocycles. The Bertz CT molecular complexity index is 255. The molecule has 0 heterocycles. The maximum absolute atomic E-state index is 11.8. The molecule has 100 valence electrons. The summed E-state index contributed by atoms with van der Waals surface area (Å²) in [5, 5.41) is 3.49.